The van der Waals surface area contributed by atoms with Crippen molar-refractivity contribution < 1.29 is 32.1 Å². The smallest absolute Gasteiger partial charge is 0.319 e. The molecule has 0 saturated carbocycles. The fraction of sp³-hybridized carbons (Fsp3) is 0.545. The predicted octanol–water partition coefficient (Wildman–Crippen LogP) is 9.05. The number of fused-ring (bicyclic) bond motifs is 5. The number of nitrogens with zero attached hydrogens (tertiary/aromatic N) is 4. The molecule has 57 heavy (non-hydrogen) atoms. The van der Waals surface area contributed by atoms with Gasteiger partial charge in [0.2, 0.25) is 0 Å². The minimum Gasteiger partial charge on any atom is -0.508 e. The van der Waals surface area contributed by atoms with E-state index in [9.17, 15) is 9.50 Å². The van der Waals surface area contributed by atoms with E-state index in [1.165, 1.54) is 31.4 Å². The minimum atomic E-state index is -2.38. The van der Waals surface area contributed by atoms with Crippen molar-refractivity contribution in [2.45, 2.75) is 114 Å². The summed E-state index contributed by atoms with van der Waals surface area (Å²) in [6.45, 7) is 15.3. The van der Waals surface area contributed by atoms with Crippen LogP contribution in [0.1, 0.15) is 79.2 Å². The highest BCUT2D eigenvalue weighted by atomic mass is 28.3. The first-order valence-corrected chi connectivity index (χ1v) is 22.7. The van der Waals surface area contributed by atoms with E-state index in [4.69, 9.17) is 14.5 Å². The normalized spacial score (nSPS) is 23.6. The lowest BCUT2D eigenvalue weighted by atomic mass is 9.92. The molecule has 8 nitrogen and oxygen atoms in total. The van der Waals surface area contributed by atoms with Crippen LogP contribution in [0.15, 0.2) is 24.3 Å². The summed E-state index contributed by atoms with van der Waals surface area (Å²) in [6.07, 6.45) is 2.95. The number of alkyl halides is 1. The minimum absolute atomic E-state index is 0.00554. The average Bonchev–Trinajstić information content (AvgIpc) is 3.81. The third kappa shape index (κ3) is 6.60. The summed E-state index contributed by atoms with van der Waals surface area (Å²) in [5.41, 5.74) is 2.97. The first kappa shape index (κ1) is 39.7. The highest BCUT2D eigenvalue weighted by Gasteiger charge is 2.49. The van der Waals surface area contributed by atoms with E-state index in [-0.39, 0.29) is 86.1 Å². The molecular formula is C44H53F4N5O3Si. The lowest BCUT2D eigenvalue weighted by Crippen LogP contribution is -2.51. The number of piperazine rings is 1. The molecule has 2 unspecified atom stereocenters. The fourth-order valence-corrected chi connectivity index (χ4v) is 16.1. The molecule has 4 aliphatic rings. The molecule has 4 aromatic rings. The van der Waals surface area contributed by atoms with Gasteiger partial charge in [0.1, 0.15) is 43.8 Å². The molecule has 4 fully saturated rings. The van der Waals surface area contributed by atoms with E-state index in [0.717, 1.165) is 32.2 Å². The van der Waals surface area contributed by atoms with E-state index in [2.05, 4.69) is 68.2 Å². The van der Waals surface area contributed by atoms with E-state index in [1.807, 2.05) is 4.90 Å². The van der Waals surface area contributed by atoms with Crippen LogP contribution < -0.4 is 19.7 Å². The van der Waals surface area contributed by atoms with Gasteiger partial charge in [0.15, 0.2) is 17.4 Å². The second-order valence-corrected chi connectivity index (χ2v) is 23.2. The highest BCUT2D eigenvalue weighted by molar-refractivity contribution is 6.90. The number of methoxy groups -OCH3 is 1. The second kappa shape index (κ2) is 14.9. The zero-order valence-electron chi connectivity index (χ0n) is 33.9. The summed E-state index contributed by atoms with van der Waals surface area (Å²) in [5, 5.41) is 15.2. The molecule has 13 heteroatoms. The van der Waals surface area contributed by atoms with Crippen molar-refractivity contribution >= 4 is 35.6 Å². The van der Waals surface area contributed by atoms with Crippen molar-refractivity contribution in [3.8, 4) is 40.1 Å². The molecule has 4 aliphatic heterocycles. The average molecular weight is 804 g/mol. The largest absolute Gasteiger partial charge is 0.508 e. The van der Waals surface area contributed by atoms with Gasteiger partial charge >= 0.3 is 6.01 Å². The lowest BCUT2D eigenvalue weighted by molar-refractivity contribution is 0.107. The van der Waals surface area contributed by atoms with Crippen LogP contribution in [-0.4, -0.2) is 91.7 Å². The van der Waals surface area contributed by atoms with Gasteiger partial charge in [0.05, 0.1) is 29.2 Å². The molecule has 2 bridgehead atoms. The Bertz CT molecular complexity index is 2260. The van der Waals surface area contributed by atoms with Gasteiger partial charge in [-0.2, -0.15) is 9.97 Å². The van der Waals surface area contributed by atoms with Crippen LogP contribution in [0, 0.1) is 28.9 Å². The van der Waals surface area contributed by atoms with Crippen LogP contribution in [0.25, 0.3) is 32.8 Å². The molecule has 4 saturated heterocycles. The van der Waals surface area contributed by atoms with E-state index >= 15 is 13.2 Å². The third-order valence-electron chi connectivity index (χ3n) is 13.5. The molecule has 0 amide bonds. The van der Waals surface area contributed by atoms with Gasteiger partial charge in [-0.05, 0) is 72.4 Å². The number of phenols is 1. The van der Waals surface area contributed by atoms with Crippen molar-refractivity contribution in [1.82, 2.24) is 20.2 Å². The maximum Gasteiger partial charge on any atom is 0.319 e. The molecule has 2 N–H and O–H groups in total. The van der Waals surface area contributed by atoms with Crippen LogP contribution in [0.2, 0.25) is 16.6 Å². The van der Waals surface area contributed by atoms with Crippen molar-refractivity contribution in [2.75, 3.05) is 44.8 Å². The SMILES string of the molecule is COc1c(F)c(-c2cc(O)cc3ccc(F)c(C#C[Si](C(C)C)(C(C)C)C(C)C)c23)c(F)c2nc(OC[C@@]34CCCN3C[C@H](F)C4)nc(N3CC4CCC(C3)N4)c12. The van der Waals surface area contributed by atoms with Crippen molar-refractivity contribution in [1.29, 1.82) is 0 Å². The highest BCUT2D eigenvalue weighted by Crippen LogP contribution is 2.48. The molecule has 5 heterocycles. The Morgan fingerprint density at radius 2 is 1.67 bits per heavy atom. The molecule has 0 aliphatic carbocycles. The number of halogens is 4. The van der Waals surface area contributed by atoms with Gasteiger partial charge < -0.3 is 24.8 Å². The first-order chi connectivity index (χ1) is 27.2. The van der Waals surface area contributed by atoms with Gasteiger partial charge in [-0.3, -0.25) is 4.90 Å². The van der Waals surface area contributed by atoms with Crippen molar-refractivity contribution in [3.63, 3.8) is 0 Å². The molecule has 0 radical (unpaired) electrons. The third-order valence-corrected chi connectivity index (χ3v) is 19.8. The number of nitrogens with one attached hydrogen (secondary N) is 1. The Morgan fingerprint density at radius 1 is 0.965 bits per heavy atom. The number of hydrogen-bond donors (Lipinski definition) is 2. The Kier molecular flexibility index (Phi) is 10.4. The standard InChI is InChI=1S/C44H53F4N5O3Si/c1-24(2)57(25(3)4,26(5)6)16-13-32-34(46)12-9-27-17-31(54)18-33(35(27)32)36-38(47)40-37(41(55-7)39(36)48)42(52-21-29-10-11-30(22-52)49-29)51-43(50-40)56-23-44-14-8-15-53(44)20-28(45)19-44/h9,12,17-18,24-26,28-30,49,54H,8,10-11,14-15,19-23H2,1-7H3/t28-,29?,30?,44+/m1/s1. The predicted molar refractivity (Wildman–Crippen MR) is 219 cm³/mol. The summed E-state index contributed by atoms with van der Waals surface area (Å²) in [6, 6.07) is 5.66. The molecule has 8 rings (SSSR count). The van der Waals surface area contributed by atoms with E-state index in [1.54, 1.807) is 0 Å². The molecular weight excluding hydrogens is 751 g/mol. The van der Waals surface area contributed by atoms with Gasteiger partial charge in [-0.15, -0.1) is 5.54 Å². The summed E-state index contributed by atoms with van der Waals surface area (Å²) in [7, 11) is -1.07. The number of benzene rings is 3. The van der Waals surface area contributed by atoms with Gasteiger partial charge in [-0.1, -0.05) is 53.5 Å². The molecule has 0 spiro atoms. The van der Waals surface area contributed by atoms with Crippen molar-refractivity contribution in [3.05, 3.63) is 47.3 Å². The number of aromatic nitrogens is 2. The zero-order valence-corrected chi connectivity index (χ0v) is 34.9. The Hall–Kier alpha value is -4.12. The number of anilines is 1. The van der Waals surface area contributed by atoms with Crippen LogP contribution in [0.5, 0.6) is 17.5 Å². The topological polar surface area (TPSA) is 83.0 Å². The van der Waals surface area contributed by atoms with Crippen LogP contribution in [0.4, 0.5) is 23.4 Å². The lowest BCUT2D eigenvalue weighted by Gasteiger charge is -2.38. The fourth-order valence-electron chi connectivity index (χ4n) is 10.9. The molecule has 304 valence electrons. The molecule has 3 aromatic carbocycles. The number of rotatable bonds is 9. The maximum absolute atomic E-state index is 17.7. The second-order valence-electron chi connectivity index (χ2n) is 17.7. The monoisotopic (exact) mass is 803 g/mol. The van der Waals surface area contributed by atoms with Crippen LogP contribution in [0.3, 0.4) is 0 Å². The van der Waals surface area contributed by atoms with E-state index in [0.29, 0.717) is 31.4 Å². The number of hydrogen-bond acceptors (Lipinski definition) is 8. The number of ether oxygens (including phenoxy) is 2. The first-order valence-electron chi connectivity index (χ1n) is 20.5. The van der Waals surface area contributed by atoms with Gasteiger partial charge in [0.25, 0.3) is 0 Å². The summed E-state index contributed by atoms with van der Waals surface area (Å²) in [5.74, 6) is 0.235. The van der Waals surface area contributed by atoms with Gasteiger partial charge in [0, 0.05) is 49.1 Å². The number of phenolic OH excluding ortho intramolecular Hbond substituents is 1. The van der Waals surface area contributed by atoms with E-state index < -0.39 is 42.8 Å². The molecule has 1 aromatic heterocycles. The Labute approximate surface area is 333 Å². The maximum atomic E-state index is 17.7. The zero-order chi connectivity index (χ0) is 40.6. The summed E-state index contributed by atoms with van der Waals surface area (Å²) < 4.78 is 78.0. The van der Waals surface area contributed by atoms with Gasteiger partial charge in [-0.25, -0.2) is 17.6 Å². The summed E-state index contributed by atoms with van der Waals surface area (Å²) >= 11 is 0. The van der Waals surface area contributed by atoms with Crippen LogP contribution >= 0.6 is 0 Å². The number of aromatic hydroxyl groups is 1. The van der Waals surface area contributed by atoms with Crippen LogP contribution in [-0.2, 0) is 0 Å². The molecule has 4 atom stereocenters. The summed E-state index contributed by atoms with van der Waals surface area (Å²) in [4.78, 5) is 13.6. The Balaban J connectivity index is 1.36. The van der Waals surface area contributed by atoms with Crippen molar-refractivity contribution in [2.24, 2.45) is 0 Å². The quantitative estimate of drug-likeness (QED) is 0.0987. The Morgan fingerprint density at radius 3 is 2.33 bits per heavy atom.